The summed E-state index contributed by atoms with van der Waals surface area (Å²) in [6, 6.07) is 50.4. The Morgan fingerprint density at radius 2 is 0.439 bits per heavy atom. The Balaban J connectivity index is 0.000000286. The molecule has 3 aromatic heterocycles. The van der Waals surface area contributed by atoms with E-state index in [2.05, 4.69) is 152 Å². The van der Waals surface area contributed by atoms with Gasteiger partial charge in [-0.2, -0.15) is 0 Å². The molecule has 2 aliphatic heterocycles. The van der Waals surface area contributed by atoms with E-state index in [1.807, 2.05) is 48.5 Å². The Morgan fingerprint density at radius 3 is 0.610 bits per heavy atom. The fourth-order valence-electron chi connectivity index (χ4n) is 10.4. The van der Waals surface area contributed by atoms with E-state index >= 15 is 0 Å². The molecule has 0 saturated heterocycles. The fourth-order valence-corrected chi connectivity index (χ4v) is 10.4. The van der Waals surface area contributed by atoms with Crippen molar-refractivity contribution in [3.63, 3.8) is 0 Å². The molecule has 0 amide bonds. The van der Waals surface area contributed by atoms with E-state index in [1.54, 1.807) is 0 Å². The number of hydrogen-bond donors (Lipinski definition) is 0. The van der Waals surface area contributed by atoms with Crippen molar-refractivity contribution in [2.75, 3.05) is 0 Å². The van der Waals surface area contributed by atoms with Crippen molar-refractivity contribution in [2.24, 2.45) is 0 Å². The van der Waals surface area contributed by atoms with Gasteiger partial charge < -0.3 is 29.9 Å². The second-order valence-corrected chi connectivity index (χ2v) is 21.3. The van der Waals surface area contributed by atoms with Crippen LogP contribution in [0.25, 0.3) is 133 Å². The third kappa shape index (κ3) is 14.4. The molecule has 8 aromatic carbocycles. The zero-order valence-electron chi connectivity index (χ0n) is 49.6. The largest absolute Gasteiger partial charge is 0.357 e. The molecule has 0 atom stereocenters. The van der Waals surface area contributed by atoms with Crippen molar-refractivity contribution in [3.8, 4) is 45.6 Å². The molecular formula is C72H80N8OV. The predicted octanol–water partition coefficient (Wildman–Crippen LogP) is 21.0. The standard InChI is InChI=1S/C48H24N8.4C6H14.O.V/c1-2-10-26-18-34-33(17-25(26)9-1)41-49-42(34)54-44-37-21-29-13-5-6-14-30(29)22-38(37)46(51-44)56-48-40-24-32-16-8-7-15-31(32)23-39(40)47(52-48)55-45-36-20-28-12-4-3-11-27(28)19-35(36)43(50-45)53-41;4*1-3-5-6-4-2;;/h1-24H;4*3-6H2,1-2H3;;/q-2;;;;;;+2. The van der Waals surface area contributed by atoms with Crippen LogP contribution in [-0.2, 0) is 21.0 Å². The first-order chi connectivity index (χ1) is 40.3. The second-order valence-electron chi connectivity index (χ2n) is 21.3. The van der Waals surface area contributed by atoms with E-state index in [4.69, 9.17) is 43.5 Å². The SMILES string of the molecule is CCCCCC.CCCCCC.CCCCCC.CCCCCC.[O]=[V+2].c1ccc2cc3c(cc2c1)-c1nc-3nc2[n-]c(nc3nc(nc4[n-]c(n1)c1cc5ccccc5cc41)-c1cc4ccccc4cc1-3)c1cc3ccccc3cc21. The van der Waals surface area contributed by atoms with E-state index in [1.165, 1.54) is 103 Å². The van der Waals surface area contributed by atoms with Crippen molar-refractivity contribution in [2.45, 2.75) is 158 Å². The van der Waals surface area contributed by atoms with E-state index in [-0.39, 0.29) is 0 Å². The van der Waals surface area contributed by atoms with E-state index in [9.17, 15) is 0 Å². The third-order valence-corrected chi connectivity index (χ3v) is 15.0. The van der Waals surface area contributed by atoms with Crippen molar-refractivity contribution in [1.29, 1.82) is 0 Å². The quantitative estimate of drug-likeness (QED) is 0.110. The number of unbranched alkanes of at least 4 members (excludes halogenated alkanes) is 12. The summed E-state index contributed by atoms with van der Waals surface area (Å²) in [5, 5.41) is 12.2. The Kier molecular flexibility index (Phi) is 22.6. The molecule has 10 heteroatoms. The third-order valence-electron chi connectivity index (χ3n) is 15.0. The molecular weight excluding hydrogens is 1040 g/mol. The van der Waals surface area contributed by atoms with Gasteiger partial charge in [-0.3, -0.25) is 0 Å². The van der Waals surface area contributed by atoms with E-state index in [0.717, 1.165) is 104 Å². The van der Waals surface area contributed by atoms with Gasteiger partial charge in [0, 0.05) is 44.8 Å². The minimum absolute atomic E-state index is 0.535. The molecule has 0 spiro atoms. The molecule has 13 rings (SSSR count). The number of fused-ring (bicyclic) bond motifs is 24. The van der Waals surface area contributed by atoms with Gasteiger partial charge in [-0.15, -0.1) is 0 Å². The maximum absolute atomic E-state index is 8.19. The molecule has 419 valence electrons. The second kappa shape index (κ2) is 30.6. The first-order valence-corrected chi connectivity index (χ1v) is 30.9. The number of nitrogens with zero attached hydrogens (tertiary/aromatic N) is 8. The number of aromatic nitrogens is 8. The van der Waals surface area contributed by atoms with Crippen molar-refractivity contribution < 1.29 is 21.0 Å². The predicted molar refractivity (Wildman–Crippen MR) is 344 cm³/mol. The number of benzene rings is 8. The van der Waals surface area contributed by atoms with Crippen LogP contribution >= 0.6 is 0 Å². The van der Waals surface area contributed by atoms with Crippen LogP contribution < -0.4 is 9.97 Å². The summed E-state index contributed by atoms with van der Waals surface area (Å²) in [6.07, 6.45) is 22.1. The minimum atomic E-state index is 0.535. The number of rotatable bonds is 12. The zero-order chi connectivity index (χ0) is 57.8. The Morgan fingerprint density at radius 1 is 0.268 bits per heavy atom. The van der Waals surface area contributed by atoms with Crippen molar-refractivity contribution in [3.05, 3.63) is 146 Å². The van der Waals surface area contributed by atoms with Gasteiger partial charge >= 0.3 is 21.0 Å². The van der Waals surface area contributed by atoms with Crippen LogP contribution in [0.2, 0.25) is 0 Å². The van der Waals surface area contributed by atoms with Gasteiger partial charge in [-0.25, -0.2) is 9.97 Å². The van der Waals surface area contributed by atoms with E-state index in [0.29, 0.717) is 45.9 Å². The summed E-state index contributed by atoms with van der Waals surface area (Å²) < 4.78 is 8.19. The molecule has 0 saturated carbocycles. The van der Waals surface area contributed by atoms with Crippen LogP contribution in [0.15, 0.2) is 146 Å². The monoisotopic (exact) mass is 1120 g/mol. The van der Waals surface area contributed by atoms with Gasteiger partial charge in [-0.1, -0.05) is 255 Å². The molecule has 0 radical (unpaired) electrons. The van der Waals surface area contributed by atoms with Gasteiger partial charge in [0.05, 0.1) is 23.3 Å². The molecule has 2 aliphatic rings. The maximum Gasteiger partial charge on any atom is 0.0928 e. The maximum atomic E-state index is 8.19. The van der Waals surface area contributed by atoms with Crippen LogP contribution in [0.3, 0.4) is 0 Å². The summed E-state index contributed by atoms with van der Waals surface area (Å²) in [5.41, 5.74) is 5.67. The van der Waals surface area contributed by atoms with Gasteiger partial charge in [0.25, 0.3) is 0 Å². The van der Waals surface area contributed by atoms with Crippen LogP contribution in [0.1, 0.15) is 158 Å². The first-order valence-electron chi connectivity index (χ1n) is 30.3. The fraction of sp³-hybridized carbons (Fsp3) is 0.333. The Hall–Kier alpha value is -7.46. The average molecular weight is 1120 g/mol. The van der Waals surface area contributed by atoms with Gasteiger partial charge in [0.2, 0.25) is 0 Å². The van der Waals surface area contributed by atoms with Crippen LogP contribution in [-0.4, -0.2) is 29.9 Å². The van der Waals surface area contributed by atoms with E-state index < -0.39 is 0 Å². The zero-order valence-corrected chi connectivity index (χ0v) is 51.0. The van der Waals surface area contributed by atoms with Gasteiger partial charge in [0.15, 0.2) is 0 Å². The van der Waals surface area contributed by atoms with Crippen LogP contribution in [0.4, 0.5) is 0 Å². The number of hydrogen-bond acceptors (Lipinski definition) is 7. The minimum Gasteiger partial charge on any atom is -0.357 e. The molecule has 0 aliphatic carbocycles. The van der Waals surface area contributed by atoms with Gasteiger partial charge in [0.1, 0.15) is 0 Å². The summed E-state index contributed by atoms with van der Waals surface area (Å²) in [4.78, 5) is 41.6. The Bertz CT molecular complexity index is 3540. The molecule has 0 unspecified atom stereocenters. The molecule has 82 heavy (non-hydrogen) atoms. The van der Waals surface area contributed by atoms with Crippen molar-refractivity contribution >= 4 is 87.2 Å². The Labute approximate surface area is 494 Å². The first kappa shape index (κ1) is 60.6. The van der Waals surface area contributed by atoms with Gasteiger partial charge in [-0.05, 0) is 113 Å². The van der Waals surface area contributed by atoms with Crippen LogP contribution in [0.5, 0.6) is 0 Å². The summed E-state index contributed by atoms with van der Waals surface area (Å²) in [7, 11) is 0. The smallest absolute Gasteiger partial charge is 0.0928 e. The summed E-state index contributed by atoms with van der Waals surface area (Å²) in [6.45, 7) is 17.9. The molecule has 5 heterocycles. The molecule has 9 nitrogen and oxygen atoms in total. The van der Waals surface area contributed by atoms with Crippen LogP contribution in [0, 0.1) is 0 Å². The van der Waals surface area contributed by atoms with Crippen molar-refractivity contribution in [1.82, 2.24) is 39.9 Å². The summed E-state index contributed by atoms with van der Waals surface area (Å²) >= 11 is 1.06. The summed E-state index contributed by atoms with van der Waals surface area (Å²) in [5.74, 6) is 2.14. The average Bonchev–Trinajstić information content (AvgIpc) is 3.93. The molecule has 8 bridgehead atoms. The molecule has 0 N–H and O–H groups in total. The molecule has 11 aromatic rings. The topological polar surface area (TPSA) is 123 Å². The normalized spacial score (nSPS) is 11.1. The molecule has 0 fully saturated rings.